The number of hydrogen-bond acceptors (Lipinski definition) is 5. The summed E-state index contributed by atoms with van der Waals surface area (Å²) in [5.74, 6) is -0.160. The van der Waals surface area contributed by atoms with Crippen molar-refractivity contribution in [2.24, 2.45) is 0 Å². The summed E-state index contributed by atoms with van der Waals surface area (Å²) >= 11 is 1.33. The number of esters is 1. The van der Waals surface area contributed by atoms with Crippen LogP contribution in [0.1, 0.15) is 28.4 Å². The first-order valence-corrected chi connectivity index (χ1v) is 10.1. The van der Waals surface area contributed by atoms with Crippen LogP contribution in [0.25, 0.3) is 10.4 Å². The first-order chi connectivity index (χ1) is 14.0. The van der Waals surface area contributed by atoms with Gasteiger partial charge in [0, 0.05) is 4.88 Å². The molecule has 0 radical (unpaired) electrons. The normalized spacial score (nSPS) is 10.4. The minimum Gasteiger partial charge on any atom is -0.484 e. The molecule has 1 N–H and O–H groups in total. The van der Waals surface area contributed by atoms with Crippen molar-refractivity contribution in [3.05, 3.63) is 71.3 Å². The summed E-state index contributed by atoms with van der Waals surface area (Å²) < 4.78 is 10.8. The van der Waals surface area contributed by atoms with Gasteiger partial charge in [-0.15, -0.1) is 11.3 Å². The van der Waals surface area contributed by atoms with Crippen molar-refractivity contribution in [1.29, 1.82) is 0 Å². The van der Waals surface area contributed by atoms with Crippen molar-refractivity contribution >= 4 is 28.2 Å². The molecule has 1 aromatic heterocycles. The van der Waals surface area contributed by atoms with E-state index < -0.39 is 5.97 Å². The Morgan fingerprint density at radius 3 is 2.34 bits per heavy atom. The van der Waals surface area contributed by atoms with E-state index in [1.54, 1.807) is 13.0 Å². The van der Waals surface area contributed by atoms with Crippen LogP contribution < -0.4 is 10.1 Å². The topological polar surface area (TPSA) is 64.6 Å². The highest BCUT2D eigenvalue weighted by Gasteiger charge is 2.20. The van der Waals surface area contributed by atoms with Gasteiger partial charge in [-0.25, -0.2) is 4.79 Å². The van der Waals surface area contributed by atoms with E-state index in [0.717, 1.165) is 21.6 Å². The lowest BCUT2D eigenvalue weighted by atomic mass is 10.1. The van der Waals surface area contributed by atoms with Crippen molar-refractivity contribution in [3.63, 3.8) is 0 Å². The summed E-state index contributed by atoms with van der Waals surface area (Å²) in [6.45, 7) is 5.81. The zero-order chi connectivity index (χ0) is 20.8. The average molecular weight is 410 g/mol. The summed E-state index contributed by atoms with van der Waals surface area (Å²) in [5.41, 5.74) is 3.44. The Bertz CT molecular complexity index is 991. The van der Waals surface area contributed by atoms with Crippen LogP contribution in [0.5, 0.6) is 5.75 Å². The molecule has 0 unspecified atom stereocenters. The van der Waals surface area contributed by atoms with Gasteiger partial charge < -0.3 is 14.8 Å². The highest BCUT2D eigenvalue weighted by atomic mass is 32.1. The van der Waals surface area contributed by atoms with Crippen LogP contribution in [-0.2, 0) is 9.53 Å². The van der Waals surface area contributed by atoms with Crippen LogP contribution in [0, 0.1) is 13.8 Å². The molecular weight excluding hydrogens is 386 g/mol. The third-order valence-electron chi connectivity index (χ3n) is 4.10. The Morgan fingerprint density at radius 1 is 1.00 bits per heavy atom. The largest absolute Gasteiger partial charge is 0.484 e. The predicted molar refractivity (Wildman–Crippen MR) is 116 cm³/mol. The molecule has 5 nitrogen and oxygen atoms in total. The van der Waals surface area contributed by atoms with Gasteiger partial charge in [0.15, 0.2) is 6.61 Å². The fraction of sp³-hybridized carbons (Fsp3) is 0.217. The van der Waals surface area contributed by atoms with Crippen LogP contribution in [0.2, 0.25) is 0 Å². The summed E-state index contributed by atoms with van der Waals surface area (Å²) in [7, 11) is 0. The monoisotopic (exact) mass is 409 g/mol. The molecule has 0 saturated heterocycles. The van der Waals surface area contributed by atoms with Crippen LogP contribution in [0.3, 0.4) is 0 Å². The molecule has 0 aliphatic carbocycles. The number of anilines is 1. The number of amides is 1. The number of carbonyl (C=O) groups excluding carboxylic acids is 2. The Labute approximate surface area is 174 Å². The minimum absolute atomic E-state index is 0.149. The van der Waals surface area contributed by atoms with Gasteiger partial charge in [-0.1, -0.05) is 36.4 Å². The lowest BCUT2D eigenvalue weighted by Gasteiger charge is -2.09. The highest BCUT2D eigenvalue weighted by molar-refractivity contribution is 7.20. The quantitative estimate of drug-likeness (QED) is 0.543. The first-order valence-electron chi connectivity index (χ1n) is 9.33. The Kier molecular flexibility index (Phi) is 6.67. The van der Waals surface area contributed by atoms with E-state index in [0.29, 0.717) is 16.3 Å². The summed E-state index contributed by atoms with van der Waals surface area (Å²) in [4.78, 5) is 25.7. The van der Waals surface area contributed by atoms with Gasteiger partial charge in [-0.3, -0.25) is 4.79 Å². The fourth-order valence-corrected chi connectivity index (χ4v) is 3.98. The van der Waals surface area contributed by atoms with Gasteiger partial charge in [0.1, 0.15) is 10.8 Å². The first kappa shape index (κ1) is 20.6. The molecular formula is C23H23NO4S. The van der Waals surface area contributed by atoms with Crippen LogP contribution in [0.4, 0.5) is 5.00 Å². The molecule has 0 bridgehead atoms. The molecule has 2 aromatic carbocycles. The van der Waals surface area contributed by atoms with Gasteiger partial charge >= 0.3 is 5.97 Å². The zero-order valence-corrected chi connectivity index (χ0v) is 17.5. The van der Waals surface area contributed by atoms with E-state index >= 15 is 0 Å². The van der Waals surface area contributed by atoms with Crippen LogP contribution in [0.15, 0.2) is 54.6 Å². The maximum Gasteiger partial charge on any atom is 0.341 e. The molecule has 3 rings (SSSR count). The van der Waals surface area contributed by atoms with Crippen molar-refractivity contribution in [1.82, 2.24) is 0 Å². The number of rotatable bonds is 7. The maximum absolute atomic E-state index is 12.5. The van der Waals surface area contributed by atoms with E-state index in [-0.39, 0.29) is 19.1 Å². The molecule has 1 amide bonds. The Hall–Kier alpha value is -3.12. The van der Waals surface area contributed by atoms with Crippen molar-refractivity contribution in [2.75, 3.05) is 18.5 Å². The van der Waals surface area contributed by atoms with E-state index in [1.165, 1.54) is 11.3 Å². The van der Waals surface area contributed by atoms with Crippen LogP contribution in [-0.4, -0.2) is 25.1 Å². The maximum atomic E-state index is 12.5. The molecule has 29 heavy (non-hydrogen) atoms. The van der Waals surface area contributed by atoms with E-state index in [4.69, 9.17) is 9.47 Å². The van der Waals surface area contributed by atoms with Gasteiger partial charge in [0.25, 0.3) is 5.91 Å². The number of ether oxygens (including phenoxy) is 2. The second-order valence-electron chi connectivity index (χ2n) is 6.60. The van der Waals surface area contributed by atoms with Crippen molar-refractivity contribution in [2.45, 2.75) is 20.8 Å². The Morgan fingerprint density at radius 2 is 1.69 bits per heavy atom. The standard InChI is InChI=1S/C23H23NO4S/c1-4-27-23(26)19-13-20(17-8-6-5-7-9-17)29-22(19)24-21(25)14-28-18-11-15(2)10-16(3)12-18/h5-13H,4,14H2,1-3H3,(H,24,25). The second-order valence-corrected chi connectivity index (χ2v) is 7.65. The molecule has 0 fully saturated rings. The molecule has 0 spiro atoms. The smallest absolute Gasteiger partial charge is 0.341 e. The summed E-state index contributed by atoms with van der Waals surface area (Å²) in [5, 5.41) is 3.25. The van der Waals surface area contributed by atoms with Crippen molar-refractivity contribution < 1.29 is 19.1 Å². The highest BCUT2D eigenvalue weighted by Crippen LogP contribution is 2.36. The predicted octanol–water partition coefficient (Wildman–Crippen LogP) is 5.23. The molecule has 0 atom stereocenters. The van der Waals surface area contributed by atoms with E-state index in [9.17, 15) is 9.59 Å². The molecule has 150 valence electrons. The molecule has 0 aliphatic rings. The molecule has 0 saturated carbocycles. The summed E-state index contributed by atoms with van der Waals surface area (Å²) in [6, 6.07) is 17.2. The SMILES string of the molecule is CCOC(=O)c1cc(-c2ccccc2)sc1NC(=O)COc1cc(C)cc(C)c1. The number of carbonyl (C=O) groups is 2. The fourth-order valence-electron chi connectivity index (χ4n) is 2.92. The number of aryl methyl sites for hydroxylation is 2. The molecule has 1 heterocycles. The van der Waals surface area contributed by atoms with E-state index in [1.807, 2.05) is 62.4 Å². The zero-order valence-electron chi connectivity index (χ0n) is 16.7. The summed E-state index contributed by atoms with van der Waals surface area (Å²) in [6.07, 6.45) is 0. The average Bonchev–Trinajstić information content (AvgIpc) is 3.10. The van der Waals surface area contributed by atoms with E-state index in [2.05, 4.69) is 5.32 Å². The third-order valence-corrected chi connectivity index (χ3v) is 5.20. The van der Waals surface area contributed by atoms with Gasteiger partial charge in [0.2, 0.25) is 0 Å². The Balaban J connectivity index is 1.76. The number of thiophene rings is 1. The van der Waals surface area contributed by atoms with Gasteiger partial charge in [-0.05, 0) is 55.7 Å². The lowest BCUT2D eigenvalue weighted by molar-refractivity contribution is -0.118. The third kappa shape index (κ3) is 5.45. The molecule has 6 heteroatoms. The van der Waals surface area contributed by atoms with Crippen LogP contribution >= 0.6 is 11.3 Å². The second kappa shape index (κ2) is 9.39. The van der Waals surface area contributed by atoms with Gasteiger partial charge in [0.05, 0.1) is 12.2 Å². The number of benzene rings is 2. The number of nitrogens with one attached hydrogen (secondary N) is 1. The minimum atomic E-state index is -0.462. The molecule has 0 aliphatic heterocycles. The lowest BCUT2D eigenvalue weighted by Crippen LogP contribution is -2.21. The van der Waals surface area contributed by atoms with Crippen molar-refractivity contribution in [3.8, 4) is 16.2 Å². The van der Waals surface area contributed by atoms with Gasteiger partial charge in [-0.2, -0.15) is 0 Å². The number of hydrogen-bond donors (Lipinski definition) is 1. The molecule has 3 aromatic rings.